The fraction of sp³-hybridized carbons (Fsp3) is 0.286. The SMILES string of the molecule is Cc1nn2c(C=O)c(C)nc2s1. The highest BCUT2D eigenvalue weighted by atomic mass is 32.1. The molecule has 2 rings (SSSR count). The Morgan fingerprint density at radius 2 is 2.25 bits per heavy atom. The number of rotatable bonds is 1. The maximum Gasteiger partial charge on any atom is 0.213 e. The second-order valence-corrected chi connectivity index (χ2v) is 3.68. The Balaban J connectivity index is 2.86. The van der Waals surface area contributed by atoms with E-state index in [1.54, 1.807) is 11.4 Å². The molecular formula is C7H7N3OS. The molecule has 0 radical (unpaired) electrons. The molecule has 5 heteroatoms. The number of aromatic nitrogens is 3. The van der Waals surface area contributed by atoms with Crippen molar-refractivity contribution >= 4 is 22.6 Å². The number of hydrogen-bond acceptors (Lipinski definition) is 4. The first-order valence-electron chi connectivity index (χ1n) is 3.50. The van der Waals surface area contributed by atoms with Crippen molar-refractivity contribution in [1.82, 2.24) is 14.6 Å². The molecule has 0 saturated carbocycles. The van der Waals surface area contributed by atoms with Gasteiger partial charge in [0, 0.05) is 0 Å². The molecule has 0 saturated heterocycles. The third-order valence-corrected chi connectivity index (χ3v) is 2.46. The van der Waals surface area contributed by atoms with Crippen molar-refractivity contribution in [3.63, 3.8) is 0 Å². The number of carbonyl (C=O) groups is 1. The summed E-state index contributed by atoms with van der Waals surface area (Å²) in [4.78, 5) is 15.6. The van der Waals surface area contributed by atoms with E-state index in [2.05, 4.69) is 10.1 Å². The second-order valence-electron chi connectivity index (χ2n) is 2.52. The Morgan fingerprint density at radius 3 is 2.92 bits per heavy atom. The number of aryl methyl sites for hydroxylation is 2. The molecule has 0 aliphatic heterocycles. The van der Waals surface area contributed by atoms with Gasteiger partial charge in [-0.25, -0.2) is 4.98 Å². The summed E-state index contributed by atoms with van der Waals surface area (Å²) in [6.07, 6.45) is 0.786. The van der Waals surface area contributed by atoms with Crippen LogP contribution in [0.25, 0.3) is 4.96 Å². The van der Waals surface area contributed by atoms with Crippen molar-refractivity contribution in [2.24, 2.45) is 0 Å². The molecule has 12 heavy (non-hydrogen) atoms. The topological polar surface area (TPSA) is 47.3 Å². The van der Waals surface area contributed by atoms with E-state index in [1.807, 2.05) is 6.92 Å². The molecule has 2 aromatic heterocycles. The van der Waals surface area contributed by atoms with Gasteiger partial charge in [0.1, 0.15) is 10.7 Å². The fourth-order valence-electron chi connectivity index (χ4n) is 1.10. The number of nitrogens with zero attached hydrogens (tertiary/aromatic N) is 3. The molecule has 2 heterocycles. The Bertz CT molecular complexity index is 443. The minimum Gasteiger partial charge on any atom is -0.296 e. The van der Waals surface area contributed by atoms with Crippen molar-refractivity contribution in [3.8, 4) is 0 Å². The summed E-state index contributed by atoms with van der Waals surface area (Å²) in [5, 5.41) is 5.06. The van der Waals surface area contributed by atoms with Crippen LogP contribution in [-0.2, 0) is 0 Å². The Labute approximate surface area is 72.9 Å². The van der Waals surface area contributed by atoms with Crippen molar-refractivity contribution < 1.29 is 4.79 Å². The van der Waals surface area contributed by atoms with Gasteiger partial charge in [-0.2, -0.15) is 9.61 Å². The lowest BCUT2D eigenvalue weighted by molar-refractivity contribution is 0.111. The lowest BCUT2D eigenvalue weighted by Crippen LogP contribution is -1.92. The first-order chi connectivity index (χ1) is 5.72. The molecule has 4 nitrogen and oxygen atoms in total. The molecule has 0 amide bonds. The van der Waals surface area contributed by atoms with E-state index in [0.717, 1.165) is 21.9 Å². The lowest BCUT2D eigenvalue weighted by Gasteiger charge is -1.85. The van der Waals surface area contributed by atoms with Crippen molar-refractivity contribution in [2.75, 3.05) is 0 Å². The maximum atomic E-state index is 10.6. The molecule has 0 aliphatic carbocycles. The molecule has 0 fully saturated rings. The van der Waals surface area contributed by atoms with Crippen molar-refractivity contribution in [1.29, 1.82) is 0 Å². The normalized spacial score (nSPS) is 10.8. The summed E-state index contributed by atoms with van der Waals surface area (Å²) in [6.45, 7) is 3.70. The summed E-state index contributed by atoms with van der Waals surface area (Å²) in [5.74, 6) is 0. The van der Waals surface area contributed by atoms with Gasteiger partial charge in [0.2, 0.25) is 4.96 Å². The van der Waals surface area contributed by atoms with E-state index >= 15 is 0 Å². The number of imidazole rings is 1. The van der Waals surface area contributed by atoms with E-state index < -0.39 is 0 Å². The molecule has 0 aromatic carbocycles. The van der Waals surface area contributed by atoms with Crippen LogP contribution < -0.4 is 0 Å². The van der Waals surface area contributed by atoms with E-state index in [9.17, 15) is 4.79 Å². The number of aldehydes is 1. The average molecular weight is 181 g/mol. The van der Waals surface area contributed by atoms with Gasteiger partial charge in [0.15, 0.2) is 6.29 Å². The van der Waals surface area contributed by atoms with Gasteiger partial charge in [-0.1, -0.05) is 11.3 Å². The quantitative estimate of drug-likeness (QED) is 0.621. The highest BCUT2D eigenvalue weighted by Crippen LogP contribution is 2.16. The zero-order valence-corrected chi connectivity index (χ0v) is 7.55. The molecule has 2 aromatic rings. The van der Waals surface area contributed by atoms with Crippen LogP contribution in [0.3, 0.4) is 0 Å². The minimum atomic E-state index is 0.550. The van der Waals surface area contributed by atoms with Crippen LogP contribution in [0.5, 0.6) is 0 Å². The smallest absolute Gasteiger partial charge is 0.213 e. The van der Waals surface area contributed by atoms with Crippen molar-refractivity contribution in [3.05, 3.63) is 16.4 Å². The summed E-state index contributed by atoms with van der Waals surface area (Å²) in [7, 11) is 0. The Kier molecular flexibility index (Phi) is 1.47. The van der Waals surface area contributed by atoms with Gasteiger partial charge in [-0.3, -0.25) is 4.79 Å². The van der Waals surface area contributed by atoms with E-state index in [4.69, 9.17) is 0 Å². The molecular weight excluding hydrogens is 174 g/mol. The third kappa shape index (κ3) is 0.863. The van der Waals surface area contributed by atoms with Crippen LogP contribution in [0.15, 0.2) is 0 Å². The summed E-state index contributed by atoms with van der Waals surface area (Å²) in [6, 6.07) is 0. The minimum absolute atomic E-state index is 0.550. The van der Waals surface area contributed by atoms with Gasteiger partial charge in [0.05, 0.1) is 5.69 Å². The van der Waals surface area contributed by atoms with Crippen LogP contribution in [0.4, 0.5) is 0 Å². The average Bonchev–Trinajstić information content (AvgIpc) is 2.43. The highest BCUT2D eigenvalue weighted by molar-refractivity contribution is 7.16. The van der Waals surface area contributed by atoms with Crippen LogP contribution in [-0.4, -0.2) is 20.9 Å². The van der Waals surface area contributed by atoms with Gasteiger partial charge in [0.25, 0.3) is 0 Å². The van der Waals surface area contributed by atoms with Crippen molar-refractivity contribution in [2.45, 2.75) is 13.8 Å². The Morgan fingerprint density at radius 1 is 1.50 bits per heavy atom. The fourth-order valence-corrected chi connectivity index (χ4v) is 1.89. The zero-order chi connectivity index (χ0) is 8.72. The molecule has 0 spiro atoms. The zero-order valence-electron chi connectivity index (χ0n) is 6.74. The highest BCUT2D eigenvalue weighted by Gasteiger charge is 2.10. The Hall–Kier alpha value is -1.23. The molecule has 0 unspecified atom stereocenters. The monoisotopic (exact) mass is 181 g/mol. The number of hydrogen-bond donors (Lipinski definition) is 0. The summed E-state index contributed by atoms with van der Waals surface area (Å²) >= 11 is 1.48. The standard InChI is InChI=1S/C7H7N3OS/c1-4-6(3-11)10-7(8-4)12-5(2)9-10/h3H,1-2H3. The van der Waals surface area contributed by atoms with Crippen LogP contribution in [0.1, 0.15) is 21.2 Å². The molecule has 0 aliphatic rings. The predicted molar refractivity (Wildman–Crippen MR) is 45.7 cm³/mol. The van der Waals surface area contributed by atoms with Crippen LogP contribution in [0.2, 0.25) is 0 Å². The summed E-state index contributed by atoms with van der Waals surface area (Å²) < 4.78 is 1.59. The molecule has 62 valence electrons. The van der Waals surface area contributed by atoms with Crippen LogP contribution >= 0.6 is 11.3 Å². The van der Waals surface area contributed by atoms with Gasteiger partial charge in [-0.05, 0) is 13.8 Å². The largest absolute Gasteiger partial charge is 0.296 e. The predicted octanol–water partition coefficient (Wildman–Crippen LogP) is 1.22. The van der Waals surface area contributed by atoms with Gasteiger partial charge >= 0.3 is 0 Å². The van der Waals surface area contributed by atoms with Gasteiger partial charge in [-0.15, -0.1) is 0 Å². The van der Waals surface area contributed by atoms with E-state index in [1.165, 1.54) is 11.3 Å². The third-order valence-electron chi connectivity index (χ3n) is 1.63. The van der Waals surface area contributed by atoms with Gasteiger partial charge < -0.3 is 0 Å². The van der Waals surface area contributed by atoms with E-state index in [0.29, 0.717) is 5.69 Å². The van der Waals surface area contributed by atoms with E-state index in [-0.39, 0.29) is 0 Å². The second kappa shape index (κ2) is 2.38. The summed E-state index contributed by atoms with van der Waals surface area (Å²) in [5.41, 5.74) is 1.29. The van der Waals surface area contributed by atoms with Crippen LogP contribution in [0, 0.1) is 13.8 Å². The molecule has 0 atom stereocenters. The number of carbonyl (C=O) groups excluding carboxylic acids is 1. The maximum absolute atomic E-state index is 10.6. The molecule has 0 N–H and O–H groups in total. The number of fused-ring (bicyclic) bond motifs is 1. The lowest BCUT2D eigenvalue weighted by atomic mass is 10.4. The first kappa shape index (κ1) is 7.42. The first-order valence-corrected chi connectivity index (χ1v) is 4.32. The molecule has 0 bridgehead atoms.